The highest BCUT2D eigenvalue weighted by Gasteiger charge is 2.36. The largest absolute Gasteiger partial charge is 0.416 e. The van der Waals surface area contributed by atoms with Gasteiger partial charge in [-0.2, -0.15) is 18.3 Å². The van der Waals surface area contributed by atoms with E-state index in [2.05, 4.69) is 20.1 Å². The summed E-state index contributed by atoms with van der Waals surface area (Å²) in [5, 5.41) is 4.42. The zero-order valence-electron chi connectivity index (χ0n) is 17.8. The summed E-state index contributed by atoms with van der Waals surface area (Å²) < 4.78 is 40.5. The summed E-state index contributed by atoms with van der Waals surface area (Å²) in [5.74, 6) is 0.275. The summed E-state index contributed by atoms with van der Waals surface area (Å²) in [6, 6.07) is 8.12. The molecule has 4 heterocycles. The van der Waals surface area contributed by atoms with E-state index in [0.29, 0.717) is 35.0 Å². The number of alkyl halides is 3. The van der Waals surface area contributed by atoms with Gasteiger partial charge in [-0.05, 0) is 50.2 Å². The Morgan fingerprint density at radius 2 is 1.88 bits per heavy atom. The third kappa shape index (κ3) is 3.57. The number of halogens is 3. The van der Waals surface area contributed by atoms with Crippen LogP contribution in [0.3, 0.4) is 0 Å². The summed E-state index contributed by atoms with van der Waals surface area (Å²) in [7, 11) is 0. The number of nitrogens with one attached hydrogen (secondary N) is 1. The summed E-state index contributed by atoms with van der Waals surface area (Å²) in [6.45, 7) is 4.05. The number of nitrogens with zero attached hydrogens (tertiary/aromatic N) is 5. The number of benzene rings is 1. The van der Waals surface area contributed by atoms with Crippen LogP contribution in [0.25, 0.3) is 22.6 Å². The molecule has 33 heavy (non-hydrogen) atoms. The highest BCUT2D eigenvalue weighted by Crippen LogP contribution is 2.35. The Labute approximate surface area is 186 Å². The average Bonchev–Trinajstić information content (AvgIpc) is 3.40. The molecule has 1 N–H and O–H groups in total. The second-order valence-electron chi connectivity index (χ2n) is 7.96. The number of aromatic amines is 1. The van der Waals surface area contributed by atoms with Gasteiger partial charge in [0.05, 0.1) is 29.1 Å². The Bertz CT molecular complexity index is 1320. The minimum absolute atomic E-state index is 0.175. The number of aryl methyl sites for hydroxylation is 1. The maximum atomic E-state index is 13.5. The van der Waals surface area contributed by atoms with Crippen molar-refractivity contribution in [2.24, 2.45) is 0 Å². The van der Waals surface area contributed by atoms with Crippen LogP contribution in [0.15, 0.2) is 55.0 Å². The van der Waals surface area contributed by atoms with Crippen molar-refractivity contribution < 1.29 is 18.0 Å². The molecule has 10 heteroatoms. The van der Waals surface area contributed by atoms with E-state index in [0.717, 1.165) is 23.4 Å². The van der Waals surface area contributed by atoms with Gasteiger partial charge < -0.3 is 9.88 Å². The van der Waals surface area contributed by atoms with E-state index in [-0.39, 0.29) is 11.9 Å². The van der Waals surface area contributed by atoms with Crippen LogP contribution in [-0.4, -0.2) is 37.2 Å². The summed E-state index contributed by atoms with van der Waals surface area (Å²) in [5.41, 5.74) is 2.70. The number of H-pyrrole nitrogens is 1. The van der Waals surface area contributed by atoms with Gasteiger partial charge in [0, 0.05) is 35.9 Å². The molecule has 1 aromatic carbocycles. The summed E-state index contributed by atoms with van der Waals surface area (Å²) >= 11 is 0. The second-order valence-corrected chi connectivity index (χ2v) is 7.96. The first-order chi connectivity index (χ1) is 15.7. The van der Waals surface area contributed by atoms with Crippen molar-refractivity contribution in [3.63, 3.8) is 0 Å². The maximum Gasteiger partial charge on any atom is 0.416 e. The molecule has 1 amide bonds. The Balaban J connectivity index is 1.54. The highest BCUT2D eigenvalue weighted by atomic mass is 19.4. The molecule has 7 nitrogen and oxygen atoms in total. The van der Waals surface area contributed by atoms with Crippen molar-refractivity contribution in [3.8, 4) is 22.6 Å². The molecule has 0 fully saturated rings. The van der Waals surface area contributed by atoms with Crippen LogP contribution in [0.1, 0.15) is 34.7 Å². The van der Waals surface area contributed by atoms with E-state index in [4.69, 9.17) is 0 Å². The molecule has 0 radical (unpaired) electrons. The van der Waals surface area contributed by atoms with Crippen molar-refractivity contribution >= 4 is 11.6 Å². The molecule has 4 aromatic rings. The molecular weight excluding hydrogens is 433 g/mol. The molecule has 0 saturated carbocycles. The average molecular weight is 452 g/mol. The SMILES string of the molecule is Cc1[nH]c(-c2cccnc2)nc1-c1cnn2c1C(=O)N(c1ccc(C(F)(F)F)cc1)CC2C. The van der Waals surface area contributed by atoms with Crippen molar-refractivity contribution in [3.05, 3.63) is 71.9 Å². The number of amides is 1. The van der Waals surface area contributed by atoms with Gasteiger partial charge in [0.15, 0.2) is 0 Å². The molecule has 0 saturated heterocycles. The number of hydrogen-bond donors (Lipinski definition) is 1. The number of aromatic nitrogens is 5. The standard InChI is InChI=1S/C23H19F3N6O/c1-13-12-31(17-7-5-16(6-8-17)23(24,25)26)22(33)20-18(11-28-32(13)20)19-14(2)29-21(30-19)15-4-3-9-27-10-15/h3-11,13H,12H2,1-2H3,(H,29,30). The van der Waals surface area contributed by atoms with Gasteiger partial charge in [-0.3, -0.25) is 14.5 Å². The van der Waals surface area contributed by atoms with Crippen LogP contribution < -0.4 is 4.90 Å². The molecule has 1 unspecified atom stereocenters. The van der Waals surface area contributed by atoms with Crippen LogP contribution in [0.4, 0.5) is 18.9 Å². The first-order valence-electron chi connectivity index (χ1n) is 10.3. The van der Waals surface area contributed by atoms with E-state index in [1.54, 1.807) is 23.3 Å². The predicted octanol–water partition coefficient (Wildman–Crippen LogP) is 4.88. The Kier molecular flexibility index (Phi) is 4.80. The van der Waals surface area contributed by atoms with E-state index < -0.39 is 11.7 Å². The van der Waals surface area contributed by atoms with Crippen LogP contribution in [-0.2, 0) is 6.18 Å². The van der Waals surface area contributed by atoms with Gasteiger partial charge in [-0.1, -0.05) is 0 Å². The Hall–Kier alpha value is -3.95. The first kappa shape index (κ1) is 20.9. The van der Waals surface area contributed by atoms with Crippen molar-refractivity contribution in [1.82, 2.24) is 24.7 Å². The lowest BCUT2D eigenvalue weighted by Crippen LogP contribution is -2.42. The number of pyridine rings is 1. The number of carbonyl (C=O) groups is 1. The van der Waals surface area contributed by atoms with Crippen molar-refractivity contribution in [2.75, 3.05) is 11.4 Å². The first-order valence-corrected chi connectivity index (χ1v) is 10.3. The van der Waals surface area contributed by atoms with Crippen LogP contribution in [0.5, 0.6) is 0 Å². The predicted molar refractivity (Wildman–Crippen MR) is 116 cm³/mol. The van der Waals surface area contributed by atoms with E-state index >= 15 is 0 Å². The number of rotatable bonds is 3. The number of anilines is 1. The van der Waals surface area contributed by atoms with Crippen molar-refractivity contribution in [2.45, 2.75) is 26.1 Å². The van der Waals surface area contributed by atoms with Gasteiger partial charge in [0.2, 0.25) is 0 Å². The van der Waals surface area contributed by atoms with Crippen molar-refractivity contribution in [1.29, 1.82) is 0 Å². The van der Waals surface area contributed by atoms with Gasteiger partial charge in [-0.15, -0.1) is 0 Å². The minimum atomic E-state index is -4.44. The lowest BCUT2D eigenvalue weighted by atomic mass is 10.1. The fourth-order valence-corrected chi connectivity index (χ4v) is 4.05. The Morgan fingerprint density at radius 3 is 2.55 bits per heavy atom. The van der Waals surface area contributed by atoms with Crippen LogP contribution in [0, 0.1) is 6.92 Å². The number of hydrogen-bond acceptors (Lipinski definition) is 4. The molecule has 0 spiro atoms. The molecule has 1 aliphatic heterocycles. The highest BCUT2D eigenvalue weighted by molar-refractivity contribution is 6.09. The Morgan fingerprint density at radius 1 is 1.12 bits per heavy atom. The van der Waals surface area contributed by atoms with Gasteiger partial charge in [0.25, 0.3) is 5.91 Å². The fourth-order valence-electron chi connectivity index (χ4n) is 4.05. The van der Waals surface area contributed by atoms with Gasteiger partial charge >= 0.3 is 6.18 Å². The smallest absolute Gasteiger partial charge is 0.341 e. The molecule has 1 aliphatic rings. The number of imidazole rings is 1. The monoisotopic (exact) mass is 452 g/mol. The van der Waals surface area contributed by atoms with E-state index in [9.17, 15) is 18.0 Å². The lowest BCUT2D eigenvalue weighted by molar-refractivity contribution is -0.137. The molecule has 0 bridgehead atoms. The topological polar surface area (TPSA) is 79.7 Å². The molecule has 3 aromatic heterocycles. The molecular formula is C23H19F3N6O. The van der Waals surface area contributed by atoms with Crippen LogP contribution in [0.2, 0.25) is 0 Å². The van der Waals surface area contributed by atoms with E-state index in [1.165, 1.54) is 17.0 Å². The zero-order valence-corrected chi connectivity index (χ0v) is 17.8. The van der Waals surface area contributed by atoms with Gasteiger partial charge in [0.1, 0.15) is 11.5 Å². The molecule has 1 atom stereocenters. The molecule has 5 rings (SSSR count). The second kappa shape index (κ2) is 7.58. The quantitative estimate of drug-likeness (QED) is 0.480. The third-order valence-electron chi connectivity index (χ3n) is 5.69. The van der Waals surface area contributed by atoms with Crippen LogP contribution >= 0.6 is 0 Å². The summed E-state index contributed by atoms with van der Waals surface area (Å²) in [6.07, 6.45) is 0.530. The normalized spacial score (nSPS) is 16.2. The van der Waals surface area contributed by atoms with E-state index in [1.807, 2.05) is 26.0 Å². The zero-order chi connectivity index (χ0) is 23.3. The van der Waals surface area contributed by atoms with Gasteiger partial charge in [-0.25, -0.2) is 4.98 Å². The maximum absolute atomic E-state index is 13.5. The summed E-state index contributed by atoms with van der Waals surface area (Å²) in [4.78, 5) is 27.0. The number of carbonyl (C=O) groups excluding carboxylic acids is 1. The number of fused-ring (bicyclic) bond motifs is 1. The molecule has 0 aliphatic carbocycles. The fraction of sp³-hybridized carbons (Fsp3) is 0.217. The molecule has 168 valence electrons. The third-order valence-corrected chi connectivity index (χ3v) is 5.69. The lowest BCUT2D eigenvalue weighted by Gasteiger charge is -2.32. The minimum Gasteiger partial charge on any atom is -0.341 e.